The Balaban J connectivity index is 1.29. The van der Waals surface area contributed by atoms with E-state index in [1.54, 1.807) is 0 Å². The zero-order chi connectivity index (χ0) is 17.8. The van der Waals surface area contributed by atoms with E-state index in [0.29, 0.717) is 35.3 Å². The second-order valence-electron chi connectivity index (χ2n) is 6.46. The molecule has 0 radical (unpaired) electrons. The van der Waals surface area contributed by atoms with Crippen molar-refractivity contribution in [3.8, 4) is 11.5 Å². The summed E-state index contributed by atoms with van der Waals surface area (Å²) in [5.41, 5.74) is 0. The third-order valence-electron chi connectivity index (χ3n) is 4.50. The van der Waals surface area contributed by atoms with Crippen molar-refractivity contribution in [3.63, 3.8) is 0 Å². The average molecular weight is 375 g/mol. The number of ether oxygens (including phenoxy) is 2. The van der Waals surface area contributed by atoms with E-state index in [1.165, 1.54) is 31.0 Å². The Kier molecular flexibility index (Phi) is 5.29. The number of carbonyl (C=O) groups is 1. The fraction of sp³-hybridized carbons (Fsp3) is 0.500. The highest BCUT2D eigenvalue weighted by molar-refractivity contribution is 7.99. The van der Waals surface area contributed by atoms with Gasteiger partial charge in [0, 0.05) is 6.04 Å². The first kappa shape index (κ1) is 17.2. The van der Waals surface area contributed by atoms with Crippen LogP contribution in [0.3, 0.4) is 0 Å². The number of hydrogen-bond acceptors (Lipinski definition) is 7. The van der Waals surface area contributed by atoms with Crippen molar-refractivity contribution in [2.24, 2.45) is 0 Å². The van der Waals surface area contributed by atoms with Crippen LogP contribution >= 0.6 is 11.8 Å². The largest absolute Gasteiger partial charge is 0.485 e. The number of para-hydroxylation sites is 2. The SMILES string of the molecule is O=C(CSc1nnc([C@@H]2COc3ccccc3O2)o1)NC1CCCCC1. The maximum atomic E-state index is 12.1. The first-order valence-electron chi connectivity index (χ1n) is 8.92. The van der Waals surface area contributed by atoms with Gasteiger partial charge in [-0.05, 0) is 25.0 Å². The van der Waals surface area contributed by atoms with E-state index in [1.807, 2.05) is 24.3 Å². The normalized spacial score (nSPS) is 19.9. The molecule has 138 valence electrons. The summed E-state index contributed by atoms with van der Waals surface area (Å²) in [6.07, 6.45) is 5.35. The van der Waals surface area contributed by atoms with Crippen molar-refractivity contribution in [1.29, 1.82) is 0 Å². The zero-order valence-electron chi connectivity index (χ0n) is 14.3. The summed E-state index contributed by atoms with van der Waals surface area (Å²) >= 11 is 1.24. The van der Waals surface area contributed by atoms with Gasteiger partial charge in [-0.3, -0.25) is 4.79 Å². The fourth-order valence-corrected chi connectivity index (χ4v) is 3.77. The van der Waals surface area contributed by atoms with E-state index in [2.05, 4.69) is 15.5 Å². The molecule has 1 aromatic carbocycles. The van der Waals surface area contributed by atoms with Crippen LogP contribution < -0.4 is 14.8 Å². The summed E-state index contributed by atoms with van der Waals surface area (Å²) in [6, 6.07) is 7.77. The summed E-state index contributed by atoms with van der Waals surface area (Å²) < 4.78 is 17.1. The third kappa shape index (κ3) is 4.12. The maximum absolute atomic E-state index is 12.1. The lowest BCUT2D eigenvalue weighted by Crippen LogP contribution is -2.37. The molecule has 1 aromatic heterocycles. The minimum absolute atomic E-state index is 0.00725. The standard InChI is InChI=1S/C18H21N3O4S/c22-16(19-12-6-2-1-3-7-12)11-26-18-21-20-17(25-18)15-10-23-13-8-4-5-9-14(13)24-15/h4-5,8-9,12,15H,1-3,6-7,10-11H2,(H,19,22)/t15-/m0/s1. The number of hydrogen-bond donors (Lipinski definition) is 1. The number of benzene rings is 1. The molecule has 1 atom stereocenters. The van der Waals surface area contributed by atoms with Gasteiger partial charge in [0.25, 0.3) is 11.1 Å². The highest BCUT2D eigenvalue weighted by Gasteiger charge is 2.27. The second-order valence-corrected chi connectivity index (χ2v) is 7.39. The van der Waals surface area contributed by atoms with Gasteiger partial charge in [-0.25, -0.2) is 0 Å². The number of amides is 1. The summed E-state index contributed by atoms with van der Waals surface area (Å²) in [5.74, 6) is 1.99. The zero-order valence-corrected chi connectivity index (χ0v) is 15.2. The molecule has 1 N–H and O–H groups in total. The molecule has 2 aliphatic rings. The Morgan fingerprint density at radius 3 is 2.81 bits per heavy atom. The Morgan fingerprint density at radius 2 is 1.96 bits per heavy atom. The predicted octanol–water partition coefficient (Wildman–Crippen LogP) is 3.12. The van der Waals surface area contributed by atoms with Crippen LogP contribution in [0.4, 0.5) is 0 Å². The fourth-order valence-electron chi connectivity index (χ4n) is 3.19. The van der Waals surface area contributed by atoms with Gasteiger partial charge in [0.1, 0.15) is 6.61 Å². The Labute approximate surface area is 155 Å². The number of aromatic nitrogens is 2. The molecule has 1 aliphatic carbocycles. The van der Waals surface area contributed by atoms with Gasteiger partial charge in [-0.2, -0.15) is 0 Å². The Bertz CT molecular complexity index is 760. The lowest BCUT2D eigenvalue weighted by atomic mass is 9.95. The second kappa shape index (κ2) is 7.99. The third-order valence-corrected chi connectivity index (χ3v) is 5.32. The van der Waals surface area contributed by atoms with Gasteiger partial charge in [-0.15, -0.1) is 10.2 Å². The summed E-state index contributed by atoms with van der Waals surface area (Å²) in [6.45, 7) is 0.311. The van der Waals surface area contributed by atoms with Crippen LogP contribution in [0.25, 0.3) is 0 Å². The van der Waals surface area contributed by atoms with E-state index in [-0.39, 0.29) is 11.7 Å². The van der Waals surface area contributed by atoms with Crippen molar-refractivity contribution in [1.82, 2.24) is 15.5 Å². The van der Waals surface area contributed by atoms with Gasteiger partial charge in [-0.1, -0.05) is 43.2 Å². The van der Waals surface area contributed by atoms with Crippen LogP contribution in [0.1, 0.15) is 44.1 Å². The van der Waals surface area contributed by atoms with E-state index in [4.69, 9.17) is 13.9 Å². The molecule has 0 saturated heterocycles. The molecule has 0 unspecified atom stereocenters. The summed E-state index contributed by atoms with van der Waals surface area (Å²) in [5, 5.41) is 11.5. The lowest BCUT2D eigenvalue weighted by molar-refractivity contribution is -0.119. The average Bonchev–Trinajstić information content (AvgIpc) is 3.16. The van der Waals surface area contributed by atoms with Crippen LogP contribution in [0.5, 0.6) is 11.5 Å². The Morgan fingerprint density at radius 1 is 1.15 bits per heavy atom. The van der Waals surface area contributed by atoms with Crippen molar-refractivity contribution in [2.75, 3.05) is 12.4 Å². The molecular weight excluding hydrogens is 354 g/mol. The van der Waals surface area contributed by atoms with Crippen molar-refractivity contribution >= 4 is 17.7 Å². The van der Waals surface area contributed by atoms with Crippen molar-refractivity contribution in [3.05, 3.63) is 30.2 Å². The molecule has 1 aliphatic heterocycles. The Hall–Kier alpha value is -2.22. The topological polar surface area (TPSA) is 86.5 Å². The lowest BCUT2D eigenvalue weighted by Gasteiger charge is -2.23. The van der Waals surface area contributed by atoms with Crippen molar-refractivity contribution in [2.45, 2.75) is 49.5 Å². The molecule has 0 bridgehead atoms. The van der Waals surface area contributed by atoms with Gasteiger partial charge < -0.3 is 19.2 Å². The number of rotatable bonds is 5. The van der Waals surface area contributed by atoms with E-state index in [0.717, 1.165) is 12.8 Å². The summed E-state index contributed by atoms with van der Waals surface area (Å²) in [4.78, 5) is 12.1. The molecule has 1 amide bonds. The first-order valence-corrected chi connectivity index (χ1v) is 9.90. The molecule has 2 heterocycles. The van der Waals surface area contributed by atoms with Crippen molar-refractivity contribution < 1.29 is 18.7 Å². The number of carbonyl (C=O) groups excluding carboxylic acids is 1. The molecule has 1 fully saturated rings. The monoisotopic (exact) mass is 375 g/mol. The molecule has 26 heavy (non-hydrogen) atoms. The maximum Gasteiger partial charge on any atom is 0.277 e. The van der Waals surface area contributed by atoms with Crippen LogP contribution in [0.2, 0.25) is 0 Å². The van der Waals surface area contributed by atoms with E-state index in [9.17, 15) is 4.79 Å². The number of nitrogens with one attached hydrogen (secondary N) is 1. The minimum atomic E-state index is -0.442. The number of fused-ring (bicyclic) bond motifs is 1. The minimum Gasteiger partial charge on any atom is -0.485 e. The highest BCUT2D eigenvalue weighted by atomic mass is 32.2. The quantitative estimate of drug-likeness (QED) is 0.804. The molecule has 0 spiro atoms. The number of thioether (sulfide) groups is 1. The predicted molar refractivity (Wildman–Crippen MR) is 95.3 cm³/mol. The van der Waals surface area contributed by atoms with Crippen LogP contribution in [0.15, 0.2) is 33.9 Å². The smallest absolute Gasteiger partial charge is 0.277 e. The van der Waals surface area contributed by atoms with Gasteiger partial charge >= 0.3 is 0 Å². The molecular formula is C18H21N3O4S. The molecule has 4 rings (SSSR count). The number of nitrogens with zero attached hydrogens (tertiary/aromatic N) is 2. The van der Waals surface area contributed by atoms with Crippen LogP contribution in [0, 0.1) is 0 Å². The molecule has 1 saturated carbocycles. The van der Waals surface area contributed by atoms with Gasteiger partial charge in [0.05, 0.1) is 5.75 Å². The van der Waals surface area contributed by atoms with Gasteiger partial charge in [0.2, 0.25) is 12.0 Å². The van der Waals surface area contributed by atoms with Crippen LogP contribution in [-0.2, 0) is 4.79 Å². The molecule has 2 aromatic rings. The van der Waals surface area contributed by atoms with Crippen LogP contribution in [-0.4, -0.2) is 34.5 Å². The molecule has 7 nitrogen and oxygen atoms in total. The highest BCUT2D eigenvalue weighted by Crippen LogP contribution is 2.35. The first-order chi connectivity index (χ1) is 12.8. The van der Waals surface area contributed by atoms with E-state index < -0.39 is 6.10 Å². The molecule has 8 heteroatoms. The summed E-state index contributed by atoms with van der Waals surface area (Å²) in [7, 11) is 0. The van der Waals surface area contributed by atoms with E-state index >= 15 is 0 Å². The van der Waals surface area contributed by atoms with Gasteiger partial charge in [0.15, 0.2) is 11.5 Å².